The summed E-state index contributed by atoms with van der Waals surface area (Å²) in [5, 5.41) is 12.4. The first-order valence-corrected chi connectivity index (χ1v) is 7.23. The number of carbonyl (C=O) groups is 2. The average Bonchev–Trinajstić information content (AvgIpc) is 2.49. The molecule has 2 aromatic rings. The van der Waals surface area contributed by atoms with E-state index in [1.165, 1.54) is 0 Å². The highest BCUT2D eigenvalue weighted by atomic mass is 35.5. The molecular weight excluding hydrogens is 302 g/mol. The molecular formula is C17H16ClNO3. The Kier molecular flexibility index (Phi) is 5.55. The average molecular weight is 318 g/mol. The van der Waals surface area contributed by atoms with Crippen LogP contribution in [0.25, 0.3) is 0 Å². The van der Waals surface area contributed by atoms with Crippen LogP contribution in [-0.4, -0.2) is 23.0 Å². The van der Waals surface area contributed by atoms with Crippen molar-refractivity contribution >= 4 is 23.5 Å². The molecule has 22 heavy (non-hydrogen) atoms. The zero-order valence-corrected chi connectivity index (χ0v) is 12.6. The third-order valence-corrected chi connectivity index (χ3v) is 3.45. The van der Waals surface area contributed by atoms with Crippen LogP contribution >= 0.6 is 11.6 Å². The van der Waals surface area contributed by atoms with Crippen LogP contribution in [0.3, 0.4) is 0 Å². The van der Waals surface area contributed by atoms with Gasteiger partial charge in [-0.1, -0.05) is 54.1 Å². The van der Waals surface area contributed by atoms with E-state index in [-0.39, 0.29) is 18.7 Å². The van der Waals surface area contributed by atoms with E-state index >= 15 is 0 Å². The van der Waals surface area contributed by atoms with Crippen LogP contribution < -0.4 is 5.32 Å². The van der Waals surface area contributed by atoms with Gasteiger partial charge < -0.3 is 10.4 Å². The molecule has 5 heteroatoms. The first-order chi connectivity index (χ1) is 10.5. The fourth-order valence-corrected chi connectivity index (χ4v) is 2.21. The second kappa shape index (κ2) is 7.61. The van der Waals surface area contributed by atoms with E-state index in [1.807, 2.05) is 30.3 Å². The zero-order chi connectivity index (χ0) is 15.9. The summed E-state index contributed by atoms with van der Waals surface area (Å²) in [6.07, 6.45) is 0.373. The molecule has 0 unspecified atom stereocenters. The quantitative estimate of drug-likeness (QED) is 0.861. The molecule has 1 amide bonds. The minimum atomic E-state index is -1.06. The number of hydrogen-bond acceptors (Lipinski definition) is 2. The van der Waals surface area contributed by atoms with Crippen LogP contribution in [0.2, 0.25) is 5.02 Å². The van der Waals surface area contributed by atoms with Crippen molar-refractivity contribution in [3.63, 3.8) is 0 Å². The Morgan fingerprint density at radius 2 is 1.64 bits per heavy atom. The largest absolute Gasteiger partial charge is 0.480 e. The lowest BCUT2D eigenvalue weighted by atomic mass is 10.1. The van der Waals surface area contributed by atoms with Gasteiger partial charge in [0.05, 0.1) is 6.42 Å². The van der Waals surface area contributed by atoms with Crippen molar-refractivity contribution in [2.45, 2.75) is 18.9 Å². The minimum absolute atomic E-state index is 0.158. The fraction of sp³-hybridized carbons (Fsp3) is 0.176. The number of nitrogens with one attached hydrogen (secondary N) is 1. The van der Waals surface area contributed by atoms with Gasteiger partial charge >= 0.3 is 5.97 Å². The highest BCUT2D eigenvalue weighted by molar-refractivity contribution is 6.30. The van der Waals surface area contributed by atoms with Gasteiger partial charge in [-0.25, -0.2) is 4.79 Å². The molecule has 2 N–H and O–H groups in total. The molecule has 0 saturated heterocycles. The highest BCUT2D eigenvalue weighted by Gasteiger charge is 2.20. The summed E-state index contributed by atoms with van der Waals surface area (Å²) in [5.41, 5.74) is 1.65. The Balaban J connectivity index is 1.98. The lowest BCUT2D eigenvalue weighted by Crippen LogP contribution is -2.43. The van der Waals surface area contributed by atoms with E-state index in [0.717, 1.165) is 11.1 Å². The van der Waals surface area contributed by atoms with Crippen molar-refractivity contribution in [2.24, 2.45) is 0 Å². The van der Waals surface area contributed by atoms with Crippen molar-refractivity contribution in [3.8, 4) is 0 Å². The second-order valence-corrected chi connectivity index (χ2v) is 5.39. The van der Waals surface area contributed by atoms with Crippen LogP contribution in [-0.2, 0) is 22.4 Å². The number of halogens is 1. The van der Waals surface area contributed by atoms with E-state index < -0.39 is 12.0 Å². The molecule has 2 rings (SSSR count). The van der Waals surface area contributed by atoms with Crippen molar-refractivity contribution < 1.29 is 14.7 Å². The van der Waals surface area contributed by atoms with Gasteiger partial charge in [-0.05, 0) is 23.3 Å². The van der Waals surface area contributed by atoms with Crippen molar-refractivity contribution in [3.05, 3.63) is 70.7 Å². The maximum Gasteiger partial charge on any atom is 0.326 e. The number of rotatable bonds is 6. The molecule has 0 fully saturated rings. The van der Waals surface area contributed by atoms with E-state index in [2.05, 4.69) is 5.32 Å². The molecule has 0 bridgehead atoms. The number of hydrogen-bond donors (Lipinski definition) is 2. The van der Waals surface area contributed by atoms with Crippen LogP contribution in [0, 0.1) is 0 Å². The number of carboxylic acids is 1. The van der Waals surface area contributed by atoms with E-state index in [1.54, 1.807) is 24.3 Å². The topological polar surface area (TPSA) is 66.4 Å². The summed E-state index contributed by atoms with van der Waals surface area (Å²) >= 11 is 5.80. The highest BCUT2D eigenvalue weighted by Crippen LogP contribution is 2.11. The first kappa shape index (κ1) is 16.0. The van der Waals surface area contributed by atoms with E-state index in [0.29, 0.717) is 5.02 Å². The summed E-state index contributed by atoms with van der Waals surface area (Å²) in [7, 11) is 0. The molecule has 4 nitrogen and oxygen atoms in total. The van der Waals surface area contributed by atoms with Crippen LogP contribution in [0.1, 0.15) is 11.1 Å². The number of amides is 1. The van der Waals surface area contributed by atoms with Gasteiger partial charge in [-0.2, -0.15) is 0 Å². The third-order valence-electron chi connectivity index (χ3n) is 3.19. The van der Waals surface area contributed by atoms with Gasteiger partial charge in [0.1, 0.15) is 6.04 Å². The Bertz CT molecular complexity index is 641. The molecule has 2 aromatic carbocycles. The first-order valence-electron chi connectivity index (χ1n) is 6.85. The second-order valence-electron chi connectivity index (χ2n) is 4.95. The number of aliphatic carboxylic acids is 1. The van der Waals surface area contributed by atoms with Crippen LogP contribution in [0.15, 0.2) is 54.6 Å². The number of carboxylic acid groups (broad SMARTS) is 1. The summed E-state index contributed by atoms with van der Waals surface area (Å²) in [5.74, 6) is -1.37. The Morgan fingerprint density at radius 3 is 2.23 bits per heavy atom. The molecule has 0 aliphatic rings. The van der Waals surface area contributed by atoms with Crippen LogP contribution in [0.5, 0.6) is 0 Å². The third kappa shape index (κ3) is 4.90. The predicted octanol–water partition coefficient (Wildman–Crippen LogP) is 2.69. The molecule has 0 aromatic heterocycles. The summed E-state index contributed by atoms with van der Waals surface area (Å²) in [6.45, 7) is 0. The van der Waals surface area contributed by atoms with Crippen molar-refractivity contribution in [1.29, 1.82) is 0 Å². The smallest absolute Gasteiger partial charge is 0.326 e. The standard InChI is InChI=1S/C17H16ClNO3/c18-14-8-6-13(7-9-14)10-15(17(21)22)19-16(20)11-12-4-2-1-3-5-12/h1-9,15H,10-11H2,(H,19,20)(H,21,22)/t15-/m1/s1. The molecule has 0 heterocycles. The summed E-state index contributed by atoms with van der Waals surface area (Å²) < 4.78 is 0. The molecule has 0 saturated carbocycles. The molecule has 0 aliphatic carbocycles. The normalized spacial score (nSPS) is 11.7. The summed E-state index contributed by atoms with van der Waals surface area (Å²) in [6, 6.07) is 15.1. The minimum Gasteiger partial charge on any atom is -0.480 e. The van der Waals surface area contributed by atoms with Crippen LogP contribution in [0.4, 0.5) is 0 Å². The van der Waals surface area contributed by atoms with Crippen molar-refractivity contribution in [2.75, 3.05) is 0 Å². The molecule has 0 radical (unpaired) electrons. The monoisotopic (exact) mass is 317 g/mol. The SMILES string of the molecule is O=C(Cc1ccccc1)N[C@H](Cc1ccc(Cl)cc1)C(=O)O. The van der Waals surface area contributed by atoms with Gasteiger partial charge in [0.2, 0.25) is 5.91 Å². The van der Waals surface area contributed by atoms with E-state index in [4.69, 9.17) is 11.6 Å². The lowest BCUT2D eigenvalue weighted by Gasteiger charge is -2.15. The molecule has 0 aliphatic heterocycles. The van der Waals surface area contributed by atoms with Crippen molar-refractivity contribution in [1.82, 2.24) is 5.32 Å². The Labute approximate surface area is 133 Å². The lowest BCUT2D eigenvalue weighted by molar-refractivity contribution is -0.141. The maximum atomic E-state index is 12.0. The van der Waals surface area contributed by atoms with Gasteiger partial charge in [0, 0.05) is 11.4 Å². The molecule has 114 valence electrons. The Hall–Kier alpha value is -2.33. The predicted molar refractivity (Wildman–Crippen MR) is 84.9 cm³/mol. The molecule has 0 spiro atoms. The van der Waals surface area contributed by atoms with Gasteiger partial charge in [0.25, 0.3) is 0 Å². The molecule has 1 atom stereocenters. The Morgan fingerprint density at radius 1 is 1.00 bits per heavy atom. The summed E-state index contributed by atoms with van der Waals surface area (Å²) in [4.78, 5) is 23.3. The maximum absolute atomic E-state index is 12.0. The van der Waals surface area contributed by atoms with Gasteiger partial charge in [0.15, 0.2) is 0 Å². The fourth-order valence-electron chi connectivity index (χ4n) is 2.08. The van der Waals surface area contributed by atoms with Gasteiger partial charge in [-0.15, -0.1) is 0 Å². The van der Waals surface area contributed by atoms with Gasteiger partial charge in [-0.3, -0.25) is 4.79 Å². The zero-order valence-electron chi connectivity index (χ0n) is 11.8. The number of benzene rings is 2. The number of carbonyl (C=O) groups excluding carboxylic acids is 1. The van der Waals surface area contributed by atoms with E-state index in [9.17, 15) is 14.7 Å².